The Morgan fingerprint density at radius 1 is 1.10 bits per heavy atom. The Kier molecular flexibility index (Phi) is 8.70. The summed E-state index contributed by atoms with van der Waals surface area (Å²) in [6, 6.07) is 9.50. The van der Waals surface area contributed by atoms with Crippen LogP contribution in [0.2, 0.25) is 0 Å². The Hall–Kier alpha value is -2.78. The highest BCUT2D eigenvalue weighted by molar-refractivity contribution is 7.89. The third-order valence-electron chi connectivity index (χ3n) is 4.80. The van der Waals surface area contributed by atoms with E-state index in [2.05, 4.69) is 10.0 Å². The van der Waals surface area contributed by atoms with E-state index < -0.39 is 16.0 Å². The summed E-state index contributed by atoms with van der Waals surface area (Å²) in [5.74, 6) is -0.0300. The van der Waals surface area contributed by atoms with Gasteiger partial charge in [-0.15, -0.1) is 0 Å². The van der Waals surface area contributed by atoms with Gasteiger partial charge in [-0.25, -0.2) is 17.9 Å². The second kappa shape index (κ2) is 11.0. The number of carbonyl (C=O) groups is 1. The fraction of sp³-hybridized carbons (Fsp3) is 0.409. The zero-order valence-corrected chi connectivity index (χ0v) is 19.1. The summed E-state index contributed by atoms with van der Waals surface area (Å²) in [6.45, 7) is 4.13. The van der Waals surface area contributed by atoms with E-state index in [4.69, 9.17) is 9.47 Å². The normalized spacial score (nSPS) is 12.3. The first-order chi connectivity index (χ1) is 14.7. The molecule has 0 radical (unpaired) electrons. The Bertz CT molecular complexity index is 1010. The lowest BCUT2D eigenvalue weighted by Gasteiger charge is -2.18. The number of ether oxygens (including phenoxy) is 2. The van der Waals surface area contributed by atoms with Crippen LogP contribution in [0.25, 0.3) is 0 Å². The number of sulfonamides is 1. The molecule has 0 bridgehead atoms. The van der Waals surface area contributed by atoms with E-state index in [9.17, 15) is 18.3 Å². The number of nitrogens with one attached hydrogen (secondary N) is 2. The molecule has 0 aliphatic heterocycles. The first-order valence-electron chi connectivity index (χ1n) is 10.1. The monoisotopic (exact) mass is 450 g/mol. The molecule has 0 spiro atoms. The van der Waals surface area contributed by atoms with Crippen molar-refractivity contribution in [2.75, 3.05) is 26.1 Å². The summed E-state index contributed by atoms with van der Waals surface area (Å²) in [7, 11) is -0.857. The standard InChI is InChI=1S/C22H30N2O6S/c1-5-6-15(2)24-18-9-8-17(22(25)26)14-21(18)31(27,28)23-12-11-16-7-10-19(29-3)20(13-16)30-4/h7-10,13-15,23-24H,5-6,11-12H2,1-4H3,(H,25,26)/t15-/m1/s1. The fourth-order valence-corrected chi connectivity index (χ4v) is 4.44. The minimum absolute atomic E-state index is 0.0430. The number of aromatic carboxylic acids is 1. The molecule has 0 aliphatic carbocycles. The van der Waals surface area contributed by atoms with Gasteiger partial charge in [-0.1, -0.05) is 19.4 Å². The number of benzene rings is 2. The highest BCUT2D eigenvalue weighted by Crippen LogP contribution is 2.28. The van der Waals surface area contributed by atoms with Crippen molar-refractivity contribution in [2.45, 2.75) is 44.0 Å². The van der Waals surface area contributed by atoms with Crippen LogP contribution in [-0.2, 0) is 16.4 Å². The average molecular weight is 451 g/mol. The SMILES string of the molecule is CCC[C@@H](C)Nc1ccc(C(=O)O)cc1S(=O)(=O)NCCc1ccc(OC)c(OC)c1. The molecule has 0 fully saturated rings. The summed E-state index contributed by atoms with van der Waals surface area (Å²) in [6.07, 6.45) is 2.22. The minimum atomic E-state index is -3.94. The van der Waals surface area contributed by atoms with Crippen LogP contribution in [-0.4, -0.2) is 46.3 Å². The molecule has 0 aromatic heterocycles. The van der Waals surface area contributed by atoms with Gasteiger partial charge in [-0.2, -0.15) is 0 Å². The number of hydrogen-bond acceptors (Lipinski definition) is 6. The molecule has 1 atom stereocenters. The van der Waals surface area contributed by atoms with Gasteiger partial charge in [0.1, 0.15) is 4.90 Å². The second-order valence-corrected chi connectivity index (χ2v) is 8.92. The van der Waals surface area contributed by atoms with Crippen LogP contribution in [0.5, 0.6) is 11.5 Å². The molecule has 170 valence electrons. The van der Waals surface area contributed by atoms with Gasteiger partial charge in [-0.3, -0.25) is 0 Å². The van der Waals surface area contributed by atoms with Crippen molar-refractivity contribution >= 4 is 21.7 Å². The smallest absolute Gasteiger partial charge is 0.335 e. The molecule has 0 unspecified atom stereocenters. The lowest BCUT2D eigenvalue weighted by atomic mass is 10.1. The van der Waals surface area contributed by atoms with Gasteiger partial charge >= 0.3 is 5.97 Å². The average Bonchev–Trinajstić information content (AvgIpc) is 2.73. The van der Waals surface area contributed by atoms with Crippen LogP contribution < -0.4 is 19.5 Å². The number of methoxy groups -OCH3 is 2. The highest BCUT2D eigenvalue weighted by Gasteiger charge is 2.21. The Balaban J connectivity index is 2.21. The molecule has 3 N–H and O–H groups in total. The van der Waals surface area contributed by atoms with Crippen LogP contribution in [0, 0.1) is 0 Å². The molecule has 0 amide bonds. The number of hydrogen-bond donors (Lipinski definition) is 3. The molecule has 0 heterocycles. The molecule has 8 nitrogen and oxygen atoms in total. The molecule has 31 heavy (non-hydrogen) atoms. The number of anilines is 1. The largest absolute Gasteiger partial charge is 0.493 e. The molecule has 0 aliphatic rings. The van der Waals surface area contributed by atoms with Gasteiger partial charge in [0.05, 0.1) is 25.5 Å². The van der Waals surface area contributed by atoms with Gasteiger partial charge in [0, 0.05) is 12.6 Å². The maximum Gasteiger partial charge on any atom is 0.335 e. The van der Waals surface area contributed by atoms with Crippen LogP contribution in [0.1, 0.15) is 42.6 Å². The van der Waals surface area contributed by atoms with Gasteiger partial charge < -0.3 is 19.9 Å². The van der Waals surface area contributed by atoms with Gasteiger partial charge in [0.25, 0.3) is 0 Å². The quantitative estimate of drug-likeness (QED) is 0.453. The predicted molar refractivity (Wildman–Crippen MR) is 120 cm³/mol. The molecule has 9 heteroatoms. The molecule has 0 saturated carbocycles. The Morgan fingerprint density at radius 2 is 1.81 bits per heavy atom. The van der Waals surface area contributed by atoms with E-state index in [1.807, 2.05) is 19.9 Å². The van der Waals surface area contributed by atoms with E-state index in [0.29, 0.717) is 23.6 Å². The van der Waals surface area contributed by atoms with Crippen LogP contribution in [0.15, 0.2) is 41.3 Å². The predicted octanol–water partition coefficient (Wildman–Crippen LogP) is 3.52. The lowest BCUT2D eigenvalue weighted by molar-refractivity contribution is 0.0696. The first-order valence-corrected chi connectivity index (χ1v) is 11.5. The molecule has 2 rings (SSSR count). The Labute approximate surface area is 183 Å². The topological polar surface area (TPSA) is 114 Å². The third kappa shape index (κ3) is 6.60. The molecule has 2 aromatic rings. The molecular formula is C22H30N2O6S. The summed E-state index contributed by atoms with van der Waals surface area (Å²) in [5.41, 5.74) is 1.16. The molecular weight excluding hydrogens is 420 g/mol. The maximum atomic E-state index is 13.0. The Morgan fingerprint density at radius 3 is 2.42 bits per heavy atom. The minimum Gasteiger partial charge on any atom is -0.493 e. The van der Waals surface area contributed by atoms with Crippen molar-refractivity contribution in [1.82, 2.24) is 4.72 Å². The van der Waals surface area contributed by atoms with E-state index in [1.165, 1.54) is 25.3 Å². The van der Waals surface area contributed by atoms with Crippen molar-refractivity contribution in [2.24, 2.45) is 0 Å². The van der Waals surface area contributed by atoms with Gasteiger partial charge in [0.15, 0.2) is 11.5 Å². The summed E-state index contributed by atoms with van der Waals surface area (Å²) >= 11 is 0. The lowest BCUT2D eigenvalue weighted by Crippen LogP contribution is -2.28. The van der Waals surface area contributed by atoms with Crippen molar-refractivity contribution < 1.29 is 27.8 Å². The fourth-order valence-electron chi connectivity index (χ4n) is 3.21. The highest BCUT2D eigenvalue weighted by atomic mass is 32.2. The van der Waals surface area contributed by atoms with E-state index in [1.54, 1.807) is 19.2 Å². The van der Waals surface area contributed by atoms with Gasteiger partial charge in [0.2, 0.25) is 10.0 Å². The van der Waals surface area contributed by atoms with E-state index >= 15 is 0 Å². The summed E-state index contributed by atoms with van der Waals surface area (Å²) < 4.78 is 39.0. The number of rotatable bonds is 12. The van der Waals surface area contributed by atoms with E-state index in [0.717, 1.165) is 18.4 Å². The second-order valence-electron chi connectivity index (χ2n) is 7.19. The van der Waals surface area contributed by atoms with Crippen LogP contribution in [0.3, 0.4) is 0 Å². The van der Waals surface area contributed by atoms with E-state index in [-0.39, 0.29) is 23.0 Å². The van der Waals surface area contributed by atoms with Gasteiger partial charge in [-0.05, 0) is 55.7 Å². The van der Waals surface area contributed by atoms with Crippen LogP contribution in [0.4, 0.5) is 5.69 Å². The number of carboxylic acids is 1. The zero-order valence-electron chi connectivity index (χ0n) is 18.3. The molecule has 2 aromatic carbocycles. The van der Waals surface area contributed by atoms with Crippen LogP contribution >= 0.6 is 0 Å². The maximum absolute atomic E-state index is 13.0. The molecule has 0 saturated heterocycles. The third-order valence-corrected chi connectivity index (χ3v) is 6.30. The van der Waals surface area contributed by atoms with Crippen molar-refractivity contribution in [3.8, 4) is 11.5 Å². The summed E-state index contributed by atoms with van der Waals surface area (Å²) in [5, 5.41) is 12.5. The van der Waals surface area contributed by atoms with Crippen molar-refractivity contribution in [3.05, 3.63) is 47.5 Å². The number of carboxylic acid groups (broad SMARTS) is 1. The zero-order chi connectivity index (χ0) is 23.0. The first kappa shape index (κ1) is 24.5. The summed E-state index contributed by atoms with van der Waals surface area (Å²) in [4.78, 5) is 11.3. The van der Waals surface area contributed by atoms with Crippen molar-refractivity contribution in [1.29, 1.82) is 0 Å². The van der Waals surface area contributed by atoms with Crippen molar-refractivity contribution in [3.63, 3.8) is 0 Å².